The Kier molecular flexibility index (Phi) is 4.95. The summed E-state index contributed by atoms with van der Waals surface area (Å²) in [7, 11) is 0. The van der Waals surface area contributed by atoms with Crippen molar-refractivity contribution in [3.63, 3.8) is 0 Å². The summed E-state index contributed by atoms with van der Waals surface area (Å²) in [6, 6.07) is 11.4. The van der Waals surface area contributed by atoms with Gasteiger partial charge in [0.1, 0.15) is 5.75 Å². The standard InChI is InChI=1S/C16H17BrClNO/c1-3-15(13-8-11(17)5-7-16(13)20)19-12-6-4-10(2)14(18)9-12/h4-9,15,19-20H,3H2,1-2H3. The van der Waals surface area contributed by atoms with Crippen molar-refractivity contribution in [2.75, 3.05) is 5.32 Å². The van der Waals surface area contributed by atoms with Crippen LogP contribution < -0.4 is 5.32 Å². The first kappa shape index (κ1) is 15.2. The number of hydrogen-bond donors (Lipinski definition) is 2. The first-order chi connectivity index (χ1) is 9.51. The van der Waals surface area contributed by atoms with Crippen molar-refractivity contribution in [3.8, 4) is 5.75 Å². The average molecular weight is 355 g/mol. The molecule has 2 aromatic carbocycles. The van der Waals surface area contributed by atoms with E-state index < -0.39 is 0 Å². The number of rotatable bonds is 4. The molecule has 2 nitrogen and oxygen atoms in total. The van der Waals surface area contributed by atoms with E-state index in [1.165, 1.54) is 0 Å². The van der Waals surface area contributed by atoms with Crippen LogP contribution in [0.25, 0.3) is 0 Å². The number of anilines is 1. The Morgan fingerprint density at radius 3 is 2.65 bits per heavy atom. The Balaban J connectivity index is 2.28. The van der Waals surface area contributed by atoms with Crippen LogP contribution in [0.2, 0.25) is 5.02 Å². The summed E-state index contributed by atoms with van der Waals surface area (Å²) in [4.78, 5) is 0. The fourth-order valence-electron chi connectivity index (χ4n) is 2.09. The van der Waals surface area contributed by atoms with Gasteiger partial charge in [-0.25, -0.2) is 0 Å². The van der Waals surface area contributed by atoms with Crippen LogP contribution >= 0.6 is 27.5 Å². The summed E-state index contributed by atoms with van der Waals surface area (Å²) in [5.41, 5.74) is 2.88. The Hall–Kier alpha value is -1.19. The van der Waals surface area contributed by atoms with Crippen molar-refractivity contribution in [3.05, 3.63) is 57.0 Å². The number of phenolic OH excluding ortho intramolecular Hbond substituents is 1. The molecule has 2 N–H and O–H groups in total. The molecular weight excluding hydrogens is 338 g/mol. The quantitative estimate of drug-likeness (QED) is 0.740. The molecule has 0 radical (unpaired) electrons. The van der Waals surface area contributed by atoms with Gasteiger partial charge in [-0.1, -0.05) is 40.5 Å². The van der Waals surface area contributed by atoms with Crippen LogP contribution in [0.4, 0.5) is 5.69 Å². The largest absolute Gasteiger partial charge is 0.508 e. The minimum absolute atomic E-state index is 0.0336. The van der Waals surface area contributed by atoms with E-state index in [0.29, 0.717) is 5.75 Å². The second kappa shape index (κ2) is 6.51. The molecule has 0 aliphatic heterocycles. The van der Waals surface area contributed by atoms with Crippen LogP contribution in [-0.4, -0.2) is 5.11 Å². The normalized spacial score (nSPS) is 12.2. The third kappa shape index (κ3) is 3.47. The maximum atomic E-state index is 10.0. The van der Waals surface area contributed by atoms with Gasteiger partial charge >= 0.3 is 0 Å². The van der Waals surface area contributed by atoms with Gasteiger partial charge in [0.05, 0.1) is 6.04 Å². The lowest BCUT2D eigenvalue weighted by Crippen LogP contribution is -2.10. The maximum Gasteiger partial charge on any atom is 0.120 e. The number of phenols is 1. The van der Waals surface area contributed by atoms with Crippen LogP contribution in [-0.2, 0) is 0 Å². The number of aromatic hydroxyl groups is 1. The van der Waals surface area contributed by atoms with E-state index in [1.54, 1.807) is 6.07 Å². The third-order valence-corrected chi connectivity index (χ3v) is 4.19. The molecule has 0 saturated heterocycles. The highest BCUT2D eigenvalue weighted by atomic mass is 79.9. The van der Waals surface area contributed by atoms with Crippen LogP contribution in [0.3, 0.4) is 0 Å². The van der Waals surface area contributed by atoms with Gasteiger partial charge in [0.25, 0.3) is 0 Å². The molecule has 0 saturated carbocycles. The van der Waals surface area contributed by atoms with Crippen LogP contribution in [0.5, 0.6) is 5.75 Å². The van der Waals surface area contributed by atoms with E-state index in [-0.39, 0.29) is 6.04 Å². The Labute approximate surface area is 132 Å². The van der Waals surface area contributed by atoms with Gasteiger partial charge in [-0.2, -0.15) is 0 Å². The highest BCUT2D eigenvalue weighted by Crippen LogP contribution is 2.32. The van der Waals surface area contributed by atoms with Gasteiger partial charge in [0.15, 0.2) is 0 Å². The van der Waals surface area contributed by atoms with Gasteiger partial charge in [0.2, 0.25) is 0 Å². The van der Waals surface area contributed by atoms with E-state index in [1.807, 2.05) is 37.3 Å². The van der Waals surface area contributed by atoms with Crippen molar-refractivity contribution >= 4 is 33.2 Å². The second-order valence-electron chi connectivity index (χ2n) is 4.77. The molecule has 106 valence electrons. The topological polar surface area (TPSA) is 32.3 Å². The molecule has 0 bridgehead atoms. The third-order valence-electron chi connectivity index (χ3n) is 3.29. The molecule has 0 spiro atoms. The highest BCUT2D eigenvalue weighted by Gasteiger charge is 2.14. The van der Waals surface area contributed by atoms with E-state index in [2.05, 4.69) is 28.2 Å². The van der Waals surface area contributed by atoms with Crippen LogP contribution in [0.1, 0.15) is 30.5 Å². The summed E-state index contributed by atoms with van der Waals surface area (Å²) in [6.45, 7) is 4.05. The van der Waals surface area contributed by atoms with Crippen molar-refractivity contribution in [2.24, 2.45) is 0 Å². The average Bonchev–Trinajstić information content (AvgIpc) is 2.43. The molecule has 0 aliphatic carbocycles. The number of halogens is 2. The predicted octanol–water partition coefficient (Wildman–Crippen LogP) is 5.68. The summed E-state index contributed by atoms with van der Waals surface area (Å²) in [6.07, 6.45) is 0.857. The van der Waals surface area contributed by atoms with Gasteiger partial charge in [-0.05, 0) is 49.2 Å². The van der Waals surface area contributed by atoms with Crippen molar-refractivity contribution in [1.29, 1.82) is 0 Å². The molecule has 1 unspecified atom stereocenters. The lowest BCUT2D eigenvalue weighted by atomic mass is 10.0. The monoisotopic (exact) mass is 353 g/mol. The number of benzene rings is 2. The minimum atomic E-state index is 0.0336. The zero-order valence-corrected chi connectivity index (χ0v) is 13.8. The Morgan fingerprint density at radius 2 is 2.00 bits per heavy atom. The molecule has 0 aromatic heterocycles. The summed E-state index contributed by atoms with van der Waals surface area (Å²) in [5.74, 6) is 0.297. The first-order valence-corrected chi connectivity index (χ1v) is 7.69. The summed E-state index contributed by atoms with van der Waals surface area (Å²) >= 11 is 9.59. The number of hydrogen-bond acceptors (Lipinski definition) is 2. The lowest BCUT2D eigenvalue weighted by molar-refractivity contribution is 0.462. The fraction of sp³-hybridized carbons (Fsp3) is 0.250. The molecular formula is C16H17BrClNO. The zero-order chi connectivity index (χ0) is 14.7. The lowest BCUT2D eigenvalue weighted by Gasteiger charge is -2.20. The van der Waals surface area contributed by atoms with Gasteiger partial charge in [-0.15, -0.1) is 0 Å². The predicted molar refractivity (Wildman–Crippen MR) is 88.7 cm³/mol. The molecule has 20 heavy (non-hydrogen) atoms. The molecule has 0 heterocycles. The van der Waals surface area contributed by atoms with Crippen molar-refractivity contribution in [2.45, 2.75) is 26.3 Å². The number of nitrogens with one attached hydrogen (secondary N) is 1. The van der Waals surface area contributed by atoms with E-state index in [9.17, 15) is 5.11 Å². The van der Waals surface area contributed by atoms with Gasteiger partial charge < -0.3 is 10.4 Å². The smallest absolute Gasteiger partial charge is 0.120 e. The SMILES string of the molecule is CCC(Nc1ccc(C)c(Cl)c1)c1cc(Br)ccc1O. The molecule has 0 aliphatic rings. The summed E-state index contributed by atoms with van der Waals surface area (Å²) < 4.78 is 0.951. The maximum absolute atomic E-state index is 10.0. The molecule has 4 heteroatoms. The first-order valence-electron chi connectivity index (χ1n) is 6.52. The Morgan fingerprint density at radius 1 is 1.25 bits per heavy atom. The fourth-order valence-corrected chi connectivity index (χ4v) is 2.65. The second-order valence-corrected chi connectivity index (χ2v) is 6.10. The van der Waals surface area contributed by atoms with E-state index in [0.717, 1.165) is 32.7 Å². The van der Waals surface area contributed by atoms with Gasteiger partial charge in [0, 0.05) is 20.7 Å². The molecule has 0 fully saturated rings. The molecule has 2 aromatic rings. The minimum Gasteiger partial charge on any atom is -0.508 e. The van der Waals surface area contributed by atoms with Crippen LogP contribution in [0, 0.1) is 6.92 Å². The van der Waals surface area contributed by atoms with E-state index >= 15 is 0 Å². The number of aryl methyl sites for hydroxylation is 1. The molecule has 0 amide bonds. The summed E-state index contributed by atoms with van der Waals surface area (Å²) in [5, 5.41) is 14.2. The van der Waals surface area contributed by atoms with Crippen molar-refractivity contribution in [1.82, 2.24) is 0 Å². The van der Waals surface area contributed by atoms with Crippen LogP contribution in [0.15, 0.2) is 40.9 Å². The zero-order valence-electron chi connectivity index (χ0n) is 11.5. The van der Waals surface area contributed by atoms with Gasteiger partial charge in [-0.3, -0.25) is 0 Å². The highest BCUT2D eigenvalue weighted by molar-refractivity contribution is 9.10. The molecule has 2 rings (SSSR count). The molecule has 1 atom stereocenters. The Bertz CT molecular complexity index is 615. The van der Waals surface area contributed by atoms with Crippen molar-refractivity contribution < 1.29 is 5.11 Å². The van der Waals surface area contributed by atoms with E-state index in [4.69, 9.17) is 11.6 Å².